The highest BCUT2D eigenvalue weighted by atomic mass is 19.2. The first kappa shape index (κ1) is 15.3. The Hall–Kier alpha value is -1.76. The monoisotopic (exact) mass is 276 g/mol. The summed E-state index contributed by atoms with van der Waals surface area (Å²) in [5, 5.41) is 4.93. The maximum absolute atomic E-state index is 13.4. The third kappa shape index (κ3) is 4.44. The number of anilines is 1. The molecule has 0 aliphatic heterocycles. The lowest BCUT2D eigenvalue weighted by Crippen LogP contribution is -2.39. The number of rotatable bonds is 6. The predicted molar refractivity (Wildman–Crippen MR) is 64.3 cm³/mol. The number of amides is 1. The van der Waals surface area contributed by atoms with Crippen LogP contribution in [0.25, 0.3) is 0 Å². The number of ether oxygens (including phenoxy) is 1. The molecule has 2 N–H and O–H groups in total. The van der Waals surface area contributed by atoms with Crippen molar-refractivity contribution in [3.05, 3.63) is 29.6 Å². The molecule has 0 radical (unpaired) electrons. The third-order valence-corrected chi connectivity index (χ3v) is 2.36. The van der Waals surface area contributed by atoms with Crippen LogP contribution in [0.4, 0.5) is 18.9 Å². The SMILES string of the molecule is COCCNC(=O)C(C)Nc1cc(F)cc(F)c1F. The molecule has 0 fully saturated rings. The summed E-state index contributed by atoms with van der Waals surface area (Å²) < 4.78 is 44.0. The number of carbonyl (C=O) groups excluding carboxylic acids is 1. The van der Waals surface area contributed by atoms with Crippen molar-refractivity contribution < 1.29 is 22.7 Å². The van der Waals surface area contributed by atoms with Crippen molar-refractivity contribution >= 4 is 11.6 Å². The summed E-state index contributed by atoms with van der Waals surface area (Å²) in [5.41, 5.74) is -0.396. The lowest BCUT2D eigenvalue weighted by atomic mass is 10.2. The molecule has 0 saturated carbocycles. The van der Waals surface area contributed by atoms with Crippen molar-refractivity contribution in [1.29, 1.82) is 0 Å². The minimum Gasteiger partial charge on any atom is -0.383 e. The maximum Gasteiger partial charge on any atom is 0.242 e. The van der Waals surface area contributed by atoms with Gasteiger partial charge in [-0.15, -0.1) is 0 Å². The second-order valence-corrected chi connectivity index (χ2v) is 3.90. The van der Waals surface area contributed by atoms with Crippen molar-refractivity contribution in [3.8, 4) is 0 Å². The Morgan fingerprint density at radius 3 is 2.68 bits per heavy atom. The fourth-order valence-corrected chi connectivity index (χ4v) is 1.39. The zero-order valence-corrected chi connectivity index (χ0v) is 10.6. The zero-order valence-electron chi connectivity index (χ0n) is 10.6. The van der Waals surface area contributed by atoms with Gasteiger partial charge < -0.3 is 15.4 Å². The summed E-state index contributed by atoms with van der Waals surface area (Å²) in [5.74, 6) is -3.89. The van der Waals surface area contributed by atoms with E-state index in [1.807, 2.05) is 0 Å². The molecule has 1 aromatic carbocycles. The highest BCUT2D eigenvalue weighted by molar-refractivity contribution is 5.84. The molecule has 0 aliphatic rings. The molecule has 1 aromatic rings. The molecule has 4 nitrogen and oxygen atoms in total. The summed E-state index contributed by atoms with van der Waals surface area (Å²) >= 11 is 0. The van der Waals surface area contributed by atoms with E-state index in [9.17, 15) is 18.0 Å². The molecule has 19 heavy (non-hydrogen) atoms. The number of hydrogen-bond acceptors (Lipinski definition) is 3. The van der Waals surface area contributed by atoms with Crippen LogP contribution in [-0.2, 0) is 9.53 Å². The Bertz CT molecular complexity index is 455. The van der Waals surface area contributed by atoms with Crippen molar-refractivity contribution in [3.63, 3.8) is 0 Å². The fraction of sp³-hybridized carbons (Fsp3) is 0.417. The number of nitrogens with one attached hydrogen (secondary N) is 2. The van der Waals surface area contributed by atoms with Crippen LogP contribution >= 0.6 is 0 Å². The second kappa shape index (κ2) is 6.98. The number of methoxy groups -OCH3 is 1. The van der Waals surface area contributed by atoms with Crippen LogP contribution in [0.2, 0.25) is 0 Å². The van der Waals surface area contributed by atoms with Gasteiger partial charge in [-0.1, -0.05) is 0 Å². The van der Waals surface area contributed by atoms with E-state index in [1.165, 1.54) is 14.0 Å². The van der Waals surface area contributed by atoms with Gasteiger partial charge in [-0.05, 0) is 6.92 Å². The number of hydrogen-bond donors (Lipinski definition) is 2. The molecular formula is C12H15F3N2O2. The van der Waals surface area contributed by atoms with Crippen molar-refractivity contribution in [2.75, 3.05) is 25.6 Å². The first-order valence-corrected chi connectivity index (χ1v) is 5.63. The standard InChI is InChI=1S/C12H15F3N2O2/c1-7(12(18)16-3-4-19-2)17-10-6-8(13)5-9(14)11(10)15/h5-7,17H,3-4H2,1-2H3,(H,16,18). The summed E-state index contributed by atoms with van der Waals surface area (Å²) in [4.78, 5) is 11.6. The first-order valence-electron chi connectivity index (χ1n) is 5.63. The lowest BCUT2D eigenvalue weighted by molar-refractivity contribution is -0.121. The van der Waals surface area contributed by atoms with E-state index < -0.39 is 35.1 Å². The largest absolute Gasteiger partial charge is 0.383 e. The van der Waals surface area contributed by atoms with Gasteiger partial charge >= 0.3 is 0 Å². The maximum atomic E-state index is 13.4. The van der Waals surface area contributed by atoms with Crippen LogP contribution in [0, 0.1) is 17.5 Å². The molecule has 0 heterocycles. The minimum atomic E-state index is -1.31. The molecule has 1 unspecified atom stereocenters. The summed E-state index contributed by atoms with van der Waals surface area (Å²) in [7, 11) is 1.48. The predicted octanol–water partition coefficient (Wildman–Crippen LogP) is 1.67. The molecule has 0 aliphatic carbocycles. The molecule has 0 saturated heterocycles. The Kier molecular flexibility index (Phi) is 5.62. The number of halogens is 3. The number of benzene rings is 1. The Balaban J connectivity index is 2.66. The molecule has 1 rings (SSSR count). The molecule has 1 amide bonds. The van der Waals surface area contributed by atoms with Crippen molar-refractivity contribution in [2.45, 2.75) is 13.0 Å². The normalized spacial score (nSPS) is 12.1. The van der Waals surface area contributed by atoms with Gasteiger partial charge in [-0.3, -0.25) is 4.79 Å². The minimum absolute atomic E-state index is 0.293. The van der Waals surface area contributed by atoms with E-state index in [0.29, 0.717) is 19.2 Å². The highest BCUT2D eigenvalue weighted by Crippen LogP contribution is 2.19. The van der Waals surface area contributed by atoms with Gasteiger partial charge in [-0.2, -0.15) is 0 Å². The van der Waals surface area contributed by atoms with Crippen molar-refractivity contribution in [1.82, 2.24) is 5.32 Å². The molecule has 0 bridgehead atoms. The Labute approximate surface area is 108 Å². The molecular weight excluding hydrogens is 261 g/mol. The van der Waals surface area contributed by atoms with E-state index in [0.717, 1.165) is 6.07 Å². The van der Waals surface area contributed by atoms with Gasteiger partial charge in [0.2, 0.25) is 5.91 Å². The van der Waals surface area contributed by atoms with E-state index in [4.69, 9.17) is 4.74 Å². The fourth-order valence-electron chi connectivity index (χ4n) is 1.39. The highest BCUT2D eigenvalue weighted by Gasteiger charge is 2.17. The van der Waals surface area contributed by atoms with Crippen LogP contribution < -0.4 is 10.6 Å². The van der Waals surface area contributed by atoms with Gasteiger partial charge in [0.05, 0.1) is 12.3 Å². The molecule has 7 heteroatoms. The van der Waals surface area contributed by atoms with Gasteiger partial charge in [0.15, 0.2) is 11.6 Å². The van der Waals surface area contributed by atoms with Crippen LogP contribution in [0.1, 0.15) is 6.92 Å². The second-order valence-electron chi connectivity index (χ2n) is 3.90. The molecule has 0 spiro atoms. The smallest absolute Gasteiger partial charge is 0.242 e. The summed E-state index contributed by atoms with van der Waals surface area (Å²) in [6, 6.07) is 0.383. The van der Waals surface area contributed by atoms with E-state index >= 15 is 0 Å². The van der Waals surface area contributed by atoms with Gasteiger partial charge in [0, 0.05) is 25.8 Å². The van der Waals surface area contributed by atoms with Crippen LogP contribution in [0.15, 0.2) is 12.1 Å². The average Bonchev–Trinajstić information content (AvgIpc) is 2.35. The van der Waals surface area contributed by atoms with E-state index in [-0.39, 0.29) is 0 Å². The molecule has 0 aromatic heterocycles. The zero-order chi connectivity index (χ0) is 14.4. The van der Waals surface area contributed by atoms with Crippen molar-refractivity contribution in [2.24, 2.45) is 0 Å². The van der Waals surface area contributed by atoms with Crippen LogP contribution in [0.5, 0.6) is 0 Å². The van der Waals surface area contributed by atoms with Crippen LogP contribution in [-0.4, -0.2) is 32.2 Å². The molecule has 1 atom stereocenters. The number of carbonyl (C=O) groups is 1. The Morgan fingerprint density at radius 1 is 1.37 bits per heavy atom. The Morgan fingerprint density at radius 2 is 2.05 bits per heavy atom. The summed E-state index contributed by atoms with van der Waals surface area (Å²) in [6.07, 6.45) is 0. The van der Waals surface area contributed by atoms with Gasteiger partial charge in [0.25, 0.3) is 0 Å². The van der Waals surface area contributed by atoms with E-state index in [1.54, 1.807) is 0 Å². The van der Waals surface area contributed by atoms with Gasteiger partial charge in [-0.25, -0.2) is 13.2 Å². The summed E-state index contributed by atoms with van der Waals surface area (Å²) in [6.45, 7) is 2.08. The van der Waals surface area contributed by atoms with E-state index in [2.05, 4.69) is 10.6 Å². The topological polar surface area (TPSA) is 50.4 Å². The van der Waals surface area contributed by atoms with Crippen LogP contribution in [0.3, 0.4) is 0 Å². The molecule has 106 valence electrons. The van der Waals surface area contributed by atoms with Gasteiger partial charge in [0.1, 0.15) is 11.9 Å². The average molecular weight is 276 g/mol. The quantitative estimate of drug-likeness (QED) is 0.614. The lowest BCUT2D eigenvalue weighted by Gasteiger charge is -2.16. The third-order valence-electron chi connectivity index (χ3n) is 2.36. The first-order chi connectivity index (χ1) is 8.95.